The van der Waals surface area contributed by atoms with Crippen molar-refractivity contribution in [3.8, 4) is 0 Å². The third-order valence-corrected chi connectivity index (χ3v) is 3.89. The van der Waals surface area contributed by atoms with Crippen LogP contribution < -0.4 is 0 Å². The molecule has 1 aromatic rings. The van der Waals surface area contributed by atoms with E-state index in [-0.39, 0.29) is 0 Å². The quantitative estimate of drug-likeness (QED) is 0.793. The van der Waals surface area contributed by atoms with Crippen LogP contribution in [0, 0.1) is 5.92 Å². The van der Waals surface area contributed by atoms with Gasteiger partial charge < -0.3 is 4.74 Å². The van der Waals surface area contributed by atoms with Crippen molar-refractivity contribution in [2.24, 2.45) is 16.1 Å². The van der Waals surface area contributed by atoms with Crippen LogP contribution in [0.15, 0.2) is 34.5 Å². The van der Waals surface area contributed by atoms with Gasteiger partial charge in [-0.15, -0.1) is 0 Å². The molecule has 1 aliphatic heterocycles. The lowest BCUT2D eigenvalue weighted by molar-refractivity contribution is -0.143. The molecule has 1 aliphatic rings. The van der Waals surface area contributed by atoms with Gasteiger partial charge in [-0.2, -0.15) is 23.4 Å². The Morgan fingerprint density at radius 1 is 1.22 bits per heavy atom. The topological polar surface area (TPSA) is 51.0 Å². The van der Waals surface area contributed by atoms with Crippen molar-refractivity contribution in [1.29, 1.82) is 0 Å². The number of halogens is 3. The molecule has 0 spiro atoms. The molecule has 2 rings (SSSR count). The molecule has 0 aliphatic carbocycles. The van der Waals surface area contributed by atoms with Crippen LogP contribution in [0.2, 0.25) is 0 Å². The number of nitrogens with zero attached hydrogens (tertiary/aromatic N) is 2. The average Bonchev–Trinajstić information content (AvgIpc) is 2.53. The Labute approximate surface area is 132 Å². The van der Waals surface area contributed by atoms with Gasteiger partial charge in [-0.25, -0.2) is 0 Å². The smallest absolute Gasteiger partial charge is 0.416 e. The normalized spacial score (nSPS) is 21.5. The highest BCUT2D eigenvalue weighted by Crippen LogP contribution is 2.35. The molecule has 0 saturated carbocycles. The molecular formula is C16H17F3N2O2. The Morgan fingerprint density at radius 3 is 2.30 bits per heavy atom. The van der Waals surface area contributed by atoms with Crippen LogP contribution in [0.4, 0.5) is 13.2 Å². The summed E-state index contributed by atoms with van der Waals surface area (Å²) in [4.78, 5) is 12.2. The lowest BCUT2D eigenvalue weighted by atomic mass is 9.78. The van der Waals surface area contributed by atoms with E-state index in [4.69, 9.17) is 4.74 Å². The summed E-state index contributed by atoms with van der Waals surface area (Å²) in [5, 5.41) is 8.09. The summed E-state index contributed by atoms with van der Waals surface area (Å²) in [6, 6.07) is 4.77. The fourth-order valence-electron chi connectivity index (χ4n) is 2.70. The summed E-state index contributed by atoms with van der Waals surface area (Å²) in [5.41, 5.74) is 0.978. The van der Waals surface area contributed by atoms with Crippen molar-refractivity contribution in [1.82, 2.24) is 0 Å². The number of benzene rings is 1. The number of carbonyl (C=O) groups excluding carboxylic acids is 1. The van der Waals surface area contributed by atoms with Crippen LogP contribution in [-0.2, 0) is 15.7 Å². The molecule has 0 amide bonds. The maximum absolute atomic E-state index is 12.7. The minimum absolute atomic E-state index is 0.468. The zero-order valence-electron chi connectivity index (χ0n) is 13.0. The number of esters is 1. The average molecular weight is 326 g/mol. The van der Waals surface area contributed by atoms with Crippen molar-refractivity contribution in [3.63, 3.8) is 0 Å². The molecular weight excluding hydrogens is 309 g/mol. The molecule has 2 atom stereocenters. The van der Waals surface area contributed by atoms with Gasteiger partial charge in [0.25, 0.3) is 0 Å². The molecule has 2 unspecified atom stereocenters. The first-order valence-corrected chi connectivity index (χ1v) is 7.15. The number of hydrogen-bond acceptors (Lipinski definition) is 4. The predicted molar refractivity (Wildman–Crippen MR) is 80.5 cm³/mol. The Morgan fingerprint density at radius 2 is 1.83 bits per heavy atom. The van der Waals surface area contributed by atoms with Gasteiger partial charge >= 0.3 is 12.1 Å². The highest BCUT2D eigenvalue weighted by Gasteiger charge is 2.39. The number of alkyl halides is 3. The molecule has 0 saturated heterocycles. The molecule has 124 valence electrons. The van der Waals surface area contributed by atoms with Crippen molar-refractivity contribution in [3.05, 3.63) is 35.4 Å². The predicted octanol–water partition coefficient (Wildman–Crippen LogP) is 3.82. The number of rotatable bonds is 3. The summed E-state index contributed by atoms with van der Waals surface area (Å²) in [5.74, 6) is -1.61. The van der Waals surface area contributed by atoms with Crippen LogP contribution in [-0.4, -0.2) is 24.5 Å². The fraction of sp³-hybridized carbons (Fsp3) is 0.438. The van der Waals surface area contributed by atoms with Gasteiger partial charge in [0.2, 0.25) is 0 Å². The summed E-state index contributed by atoms with van der Waals surface area (Å²) in [7, 11) is 1.28. The summed E-state index contributed by atoms with van der Waals surface area (Å²) >= 11 is 0. The molecule has 0 radical (unpaired) electrons. The first kappa shape index (κ1) is 17.2. The van der Waals surface area contributed by atoms with E-state index in [9.17, 15) is 18.0 Å². The van der Waals surface area contributed by atoms with E-state index >= 15 is 0 Å². The number of methoxy groups -OCH3 is 1. The minimum atomic E-state index is -4.40. The molecule has 23 heavy (non-hydrogen) atoms. The van der Waals surface area contributed by atoms with Crippen LogP contribution in [0.25, 0.3) is 0 Å². The second-order valence-electron chi connectivity index (χ2n) is 5.28. The zero-order chi connectivity index (χ0) is 17.2. The van der Waals surface area contributed by atoms with E-state index in [0.29, 0.717) is 23.4 Å². The monoisotopic (exact) mass is 326 g/mol. The molecule has 0 N–H and O–H groups in total. The lowest BCUT2D eigenvalue weighted by Crippen LogP contribution is -2.36. The van der Waals surface area contributed by atoms with E-state index in [1.54, 1.807) is 6.92 Å². The summed E-state index contributed by atoms with van der Waals surface area (Å²) < 4.78 is 42.9. The van der Waals surface area contributed by atoms with Gasteiger partial charge in [-0.3, -0.25) is 4.79 Å². The molecule has 1 aromatic carbocycles. The Bertz CT molecular complexity index is 648. The summed E-state index contributed by atoms with van der Waals surface area (Å²) in [6.07, 6.45) is -3.89. The Kier molecular flexibility index (Phi) is 4.87. The van der Waals surface area contributed by atoms with Crippen LogP contribution in [0.5, 0.6) is 0 Å². The van der Waals surface area contributed by atoms with Crippen molar-refractivity contribution >= 4 is 17.4 Å². The van der Waals surface area contributed by atoms with Gasteiger partial charge in [0.15, 0.2) is 0 Å². The summed E-state index contributed by atoms with van der Waals surface area (Å²) in [6.45, 7) is 3.54. The molecule has 0 fully saturated rings. The van der Waals surface area contributed by atoms with E-state index in [1.807, 2.05) is 6.92 Å². The third-order valence-electron chi connectivity index (χ3n) is 3.89. The Balaban J connectivity index is 2.44. The van der Waals surface area contributed by atoms with Gasteiger partial charge in [0.1, 0.15) is 5.92 Å². The largest absolute Gasteiger partial charge is 0.468 e. The lowest BCUT2D eigenvalue weighted by Gasteiger charge is -2.28. The van der Waals surface area contributed by atoms with E-state index in [2.05, 4.69) is 10.2 Å². The zero-order valence-corrected chi connectivity index (χ0v) is 13.0. The van der Waals surface area contributed by atoms with E-state index < -0.39 is 29.5 Å². The van der Waals surface area contributed by atoms with E-state index in [1.165, 1.54) is 19.2 Å². The van der Waals surface area contributed by atoms with Gasteiger partial charge in [0.05, 0.1) is 18.4 Å². The second kappa shape index (κ2) is 6.52. The first-order valence-electron chi connectivity index (χ1n) is 7.15. The maximum atomic E-state index is 12.7. The maximum Gasteiger partial charge on any atom is 0.416 e. The highest BCUT2D eigenvalue weighted by molar-refractivity contribution is 6.10. The van der Waals surface area contributed by atoms with Crippen molar-refractivity contribution in [2.45, 2.75) is 32.4 Å². The molecule has 0 bridgehead atoms. The fourth-order valence-corrected chi connectivity index (χ4v) is 2.70. The van der Waals surface area contributed by atoms with Gasteiger partial charge in [0, 0.05) is 11.6 Å². The van der Waals surface area contributed by atoms with Crippen molar-refractivity contribution in [2.75, 3.05) is 7.11 Å². The first-order chi connectivity index (χ1) is 10.8. The van der Waals surface area contributed by atoms with Crippen LogP contribution in [0.3, 0.4) is 0 Å². The standard InChI is InChI=1S/C16H17F3N2O2/c1-4-12-14(15(22)23-3)13(9(2)20-21-12)10-5-7-11(8-6-10)16(17,18)19/h5-8,13-14H,4H2,1-3H3. The van der Waals surface area contributed by atoms with E-state index in [0.717, 1.165) is 12.1 Å². The highest BCUT2D eigenvalue weighted by atomic mass is 19.4. The van der Waals surface area contributed by atoms with Gasteiger partial charge in [-0.05, 0) is 31.0 Å². The number of ether oxygens (including phenoxy) is 1. The number of hydrogen-bond donors (Lipinski definition) is 0. The third kappa shape index (κ3) is 3.43. The molecule has 7 heteroatoms. The minimum Gasteiger partial charge on any atom is -0.468 e. The van der Waals surface area contributed by atoms with Gasteiger partial charge in [-0.1, -0.05) is 19.1 Å². The molecule has 4 nitrogen and oxygen atoms in total. The Hall–Kier alpha value is -2.18. The molecule has 1 heterocycles. The second-order valence-corrected chi connectivity index (χ2v) is 5.28. The SMILES string of the molecule is CCC1=NN=C(C)C(c2ccc(C(F)(F)F)cc2)C1C(=O)OC. The van der Waals surface area contributed by atoms with Crippen molar-refractivity contribution < 1.29 is 22.7 Å². The van der Waals surface area contributed by atoms with Crippen LogP contribution in [0.1, 0.15) is 37.3 Å². The molecule has 0 aromatic heterocycles. The number of carbonyl (C=O) groups is 1. The van der Waals surface area contributed by atoms with Crippen LogP contribution >= 0.6 is 0 Å².